The molecule has 1 aromatic heterocycles. The lowest BCUT2D eigenvalue weighted by Gasteiger charge is -2.38. The lowest BCUT2D eigenvalue weighted by Crippen LogP contribution is -2.47. The Morgan fingerprint density at radius 2 is 2.00 bits per heavy atom. The van der Waals surface area contributed by atoms with Gasteiger partial charge in [0.1, 0.15) is 0 Å². The van der Waals surface area contributed by atoms with E-state index in [-0.39, 0.29) is 23.7 Å². The zero-order chi connectivity index (χ0) is 20.0. The van der Waals surface area contributed by atoms with E-state index >= 15 is 0 Å². The molecule has 148 valence electrons. The molecule has 1 fully saturated rings. The summed E-state index contributed by atoms with van der Waals surface area (Å²) in [5, 5.41) is 1.08. The van der Waals surface area contributed by atoms with Crippen LogP contribution in [0.2, 0.25) is 10.0 Å². The summed E-state index contributed by atoms with van der Waals surface area (Å²) >= 11 is 13.7. The Kier molecular flexibility index (Phi) is 5.08. The molecular weight excluding hydrogens is 427 g/mol. The van der Waals surface area contributed by atoms with Gasteiger partial charge in [0.05, 0.1) is 10.6 Å². The highest BCUT2D eigenvalue weighted by Gasteiger charge is 2.39. The number of aromatic nitrogens is 1. The van der Waals surface area contributed by atoms with Crippen molar-refractivity contribution >= 4 is 40.6 Å². The van der Waals surface area contributed by atoms with Crippen molar-refractivity contribution in [1.82, 2.24) is 4.57 Å². The van der Waals surface area contributed by atoms with Crippen LogP contribution in [0.4, 0.5) is 0 Å². The van der Waals surface area contributed by atoms with Gasteiger partial charge in [-0.25, -0.2) is 4.99 Å². The molecular formula is C22H18Cl2N2O2S. The smallest absolute Gasteiger partial charge is 0.270 e. The Morgan fingerprint density at radius 3 is 2.79 bits per heavy atom. The third-order valence-corrected chi connectivity index (χ3v) is 7.04. The molecule has 4 nitrogen and oxygen atoms in total. The van der Waals surface area contributed by atoms with Gasteiger partial charge in [-0.2, -0.15) is 0 Å². The minimum atomic E-state index is -0.209. The lowest BCUT2D eigenvalue weighted by atomic mass is 9.85. The number of thiazole rings is 1. The fraction of sp³-hybridized carbons (Fsp3) is 0.273. The van der Waals surface area contributed by atoms with E-state index in [0.29, 0.717) is 26.0 Å². The Morgan fingerprint density at radius 1 is 1.17 bits per heavy atom. The van der Waals surface area contributed by atoms with E-state index in [1.165, 1.54) is 11.3 Å². The van der Waals surface area contributed by atoms with Crippen LogP contribution in [0.3, 0.4) is 0 Å². The lowest BCUT2D eigenvalue weighted by molar-refractivity contribution is -0.0436. The van der Waals surface area contributed by atoms with Crippen LogP contribution >= 0.6 is 34.5 Å². The molecule has 0 N–H and O–H groups in total. The number of hydrogen-bond donors (Lipinski definition) is 0. The molecule has 3 aromatic rings. The van der Waals surface area contributed by atoms with Crippen molar-refractivity contribution in [2.75, 3.05) is 6.61 Å². The van der Waals surface area contributed by atoms with Gasteiger partial charge in [0.25, 0.3) is 5.56 Å². The van der Waals surface area contributed by atoms with E-state index in [9.17, 15) is 4.79 Å². The summed E-state index contributed by atoms with van der Waals surface area (Å²) in [5.74, 6) is 0.151. The summed E-state index contributed by atoms with van der Waals surface area (Å²) < 4.78 is 8.41. The average Bonchev–Trinajstić information content (AvgIpc) is 3.04. The number of rotatable bonds is 2. The first-order valence-corrected chi connectivity index (χ1v) is 11.1. The summed E-state index contributed by atoms with van der Waals surface area (Å²) in [6, 6.07) is 15.4. The first kappa shape index (κ1) is 19.1. The van der Waals surface area contributed by atoms with Gasteiger partial charge in [-0.1, -0.05) is 70.9 Å². The van der Waals surface area contributed by atoms with Gasteiger partial charge in [-0.15, -0.1) is 0 Å². The minimum Gasteiger partial charge on any atom is -0.356 e. The van der Waals surface area contributed by atoms with Crippen molar-refractivity contribution in [2.45, 2.75) is 25.1 Å². The van der Waals surface area contributed by atoms with Crippen LogP contribution in [0, 0.1) is 5.92 Å². The second-order valence-electron chi connectivity index (χ2n) is 7.29. The molecule has 0 radical (unpaired) electrons. The number of benzene rings is 2. The molecule has 3 unspecified atom stereocenters. The number of hydrogen-bond acceptors (Lipinski definition) is 4. The zero-order valence-corrected chi connectivity index (χ0v) is 17.8. The molecule has 0 amide bonds. The molecule has 3 atom stereocenters. The molecule has 2 aliphatic rings. The van der Waals surface area contributed by atoms with Gasteiger partial charge in [0, 0.05) is 22.6 Å². The summed E-state index contributed by atoms with van der Waals surface area (Å²) in [4.78, 5) is 18.9. The van der Waals surface area contributed by atoms with Gasteiger partial charge in [-0.05, 0) is 42.2 Å². The molecule has 0 spiro atoms. The molecule has 3 heterocycles. The van der Waals surface area contributed by atoms with E-state index in [1.807, 2.05) is 34.9 Å². The Bertz CT molecular complexity index is 1240. The van der Waals surface area contributed by atoms with Crippen LogP contribution in [0.15, 0.2) is 58.3 Å². The Hall–Kier alpha value is -1.92. The van der Waals surface area contributed by atoms with Crippen molar-refractivity contribution in [3.05, 3.63) is 89.4 Å². The molecule has 0 bridgehead atoms. The van der Waals surface area contributed by atoms with Crippen molar-refractivity contribution in [1.29, 1.82) is 0 Å². The summed E-state index contributed by atoms with van der Waals surface area (Å²) in [6.45, 7) is 0.709. The fourth-order valence-electron chi connectivity index (χ4n) is 4.16. The summed E-state index contributed by atoms with van der Waals surface area (Å²) in [5.41, 5.74) is 1.83. The molecule has 7 heteroatoms. The number of fused-ring (bicyclic) bond motifs is 2. The highest BCUT2D eigenvalue weighted by Crippen LogP contribution is 2.36. The highest BCUT2D eigenvalue weighted by atomic mass is 35.5. The second kappa shape index (κ2) is 7.73. The monoisotopic (exact) mass is 444 g/mol. The van der Waals surface area contributed by atoms with E-state index in [0.717, 1.165) is 24.0 Å². The van der Waals surface area contributed by atoms with Crippen LogP contribution < -0.4 is 14.9 Å². The minimum absolute atomic E-state index is 0.0438. The normalized spacial score (nSPS) is 23.9. The van der Waals surface area contributed by atoms with E-state index in [2.05, 4.69) is 12.1 Å². The Balaban J connectivity index is 1.72. The molecule has 2 aromatic carbocycles. The summed E-state index contributed by atoms with van der Waals surface area (Å²) in [6.07, 6.45) is 3.57. The number of ether oxygens (including phenoxy) is 1. The van der Waals surface area contributed by atoms with Crippen LogP contribution in [-0.4, -0.2) is 17.4 Å². The van der Waals surface area contributed by atoms with Crippen LogP contribution in [0.1, 0.15) is 30.0 Å². The van der Waals surface area contributed by atoms with Gasteiger partial charge < -0.3 is 4.74 Å². The third-order valence-electron chi connectivity index (χ3n) is 5.49. The largest absolute Gasteiger partial charge is 0.356 e. The van der Waals surface area contributed by atoms with Gasteiger partial charge in [0.15, 0.2) is 11.0 Å². The van der Waals surface area contributed by atoms with Crippen LogP contribution in [-0.2, 0) is 4.74 Å². The molecule has 1 saturated heterocycles. The van der Waals surface area contributed by atoms with E-state index in [1.54, 1.807) is 12.1 Å². The standard InChI is InChI=1S/C22H18Cl2N2O2S/c23-15-9-8-14(17(24)12-15)11-18-21(27)26-19(13-5-2-1-3-6-13)16-7-4-10-28-20(16)25-22(26)29-18/h1-3,5-6,8-9,11-12,16,19-20H,4,7,10H2/b18-11-. The SMILES string of the molecule is O=c1/c(=C/c2ccc(Cl)cc2Cl)sc2n1C(c1ccccc1)C1CCCOC1N=2. The van der Waals surface area contributed by atoms with Gasteiger partial charge in [-0.3, -0.25) is 9.36 Å². The predicted molar refractivity (Wildman–Crippen MR) is 116 cm³/mol. The van der Waals surface area contributed by atoms with Gasteiger partial charge >= 0.3 is 0 Å². The van der Waals surface area contributed by atoms with E-state index in [4.69, 9.17) is 32.9 Å². The van der Waals surface area contributed by atoms with E-state index < -0.39 is 0 Å². The number of halogens is 2. The third kappa shape index (κ3) is 3.46. The van der Waals surface area contributed by atoms with Crippen molar-refractivity contribution in [2.24, 2.45) is 10.9 Å². The quantitative estimate of drug-likeness (QED) is 0.598. The maximum atomic E-state index is 13.4. The predicted octanol–water partition coefficient (Wildman–Crippen LogP) is 4.02. The van der Waals surface area contributed by atoms with Gasteiger partial charge in [0.2, 0.25) is 0 Å². The highest BCUT2D eigenvalue weighted by molar-refractivity contribution is 7.07. The number of nitrogens with zero attached hydrogens (tertiary/aromatic N) is 2. The zero-order valence-electron chi connectivity index (χ0n) is 15.4. The summed E-state index contributed by atoms with van der Waals surface area (Å²) in [7, 11) is 0. The Labute approximate surface area is 181 Å². The molecule has 0 aliphatic carbocycles. The second-order valence-corrected chi connectivity index (χ2v) is 9.14. The molecule has 5 rings (SSSR count). The maximum Gasteiger partial charge on any atom is 0.270 e. The topological polar surface area (TPSA) is 43.6 Å². The fourth-order valence-corrected chi connectivity index (χ4v) is 5.65. The molecule has 0 saturated carbocycles. The van der Waals surface area contributed by atoms with Crippen molar-refractivity contribution in [3.63, 3.8) is 0 Å². The first-order valence-electron chi connectivity index (χ1n) is 9.54. The van der Waals surface area contributed by atoms with Crippen LogP contribution in [0.5, 0.6) is 0 Å². The molecule has 29 heavy (non-hydrogen) atoms. The van der Waals surface area contributed by atoms with Crippen LogP contribution in [0.25, 0.3) is 6.08 Å². The first-order chi connectivity index (χ1) is 14.1. The van der Waals surface area contributed by atoms with Crippen molar-refractivity contribution in [3.8, 4) is 0 Å². The average molecular weight is 445 g/mol. The molecule has 2 aliphatic heterocycles. The van der Waals surface area contributed by atoms with Crippen molar-refractivity contribution < 1.29 is 4.74 Å². The maximum absolute atomic E-state index is 13.4.